The van der Waals surface area contributed by atoms with Gasteiger partial charge < -0.3 is 10.1 Å². The van der Waals surface area contributed by atoms with E-state index in [1.165, 1.54) is 18.2 Å². The molecule has 0 atom stereocenters. The van der Waals surface area contributed by atoms with Crippen LogP contribution in [-0.2, 0) is 12.6 Å². The van der Waals surface area contributed by atoms with Crippen LogP contribution in [0.5, 0.6) is 11.6 Å². The topological polar surface area (TPSA) is 56.2 Å². The zero-order valence-electron chi connectivity index (χ0n) is 15.0. The van der Waals surface area contributed by atoms with Crippen molar-refractivity contribution in [1.82, 2.24) is 15.1 Å². The van der Waals surface area contributed by atoms with Crippen LogP contribution in [0.1, 0.15) is 16.8 Å². The summed E-state index contributed by atoms with van der Waals surface area (Å²) in [7, 11) is 0. The Morgan fingerprint density at radius 1 is 1.11 bits per heavy atom. The van der Waals surface area contributed by atoms with Crippen molar-refractivity contribution in [3.63, 3.8) is 0 Å². The second-order valence-corrected chi connectivity index (χ2v) is 6.13. The van der Waals surface area contributed by atoms with Crippen LogP contribution in [-0.4, -0.2) is 22.4 Å². The number of rotatable bonds is 5. The van der Waals surface area contributed by atoms with E-state index in [0.29, 0.717) is 18.7 Å². The van der Waals surface area contributed by atoms with E-state index in [4.69, 9.17) is 4.74 Å². The zero-order valence-corrected chi connectivity index (χ0v) is 15.0. The van der Waals surface area contributed by atoms with E-state index in [2.05, 4.69) is 10.4 Å². The average molecular weight is 389 g/mol. The second-order valence-electron chi connectivity index (χ2n) is 6.13. The molecular formula is C20H18F3N3O2. The summed E-state index contributed by atoms with van der Waals surface area (Å²) in [5.74, 6) is 0.0268. The number of amides is 1. The number of alkyl halides is 3. The Bertz CT molecular complexity index is 953. The third kappa shape index (κ3) is 4.91. The van der Waals surface area contributed by atoms with Crippen LogP contribution in [0.15, 0.2) is 60.7 Å². The number of aryl methyl sites for hydroxylation is 1. The molecule has 1 amide bonds. The number of halogens is 3. The number of nitrogens with one attached hydrogen (secondary N) is 1. The molecule has 3 rings (SSSR count). The van der Waals surface area contributed by atoms with E-state index in [9.17, 15) is 18.0 Å². The number of benzene rings is 2. The van der Waals surface area contributed by atoms with E-state index < -0.39 is 17.8 Å². The number of hydrogen-bond acceptors (Lipinski definition) is 3. The molecule has 1 N–H and O–H groups in total. The first kappa shape index (κ1) is 19.5. The molecule has 0 bridgehead atoms. The van der Waals surface area contributed by atoms with Gasteiger partial charge in [-0.3, -0.25) is 0 Å². The summed E-state index contributed by atoms with van der Waals surface area (Å²) in [6.07, 6.45) is -3.80. The molecule has 0 saturated carbocycles. The highest BCUT2D eigenvalue weighted by Crippen LogP contribution is 2.32. The van der Waals surface area contributed by atoms with Crippen molar-refractivity contribution in [2.24, 2.45) is 0 Å². The predicted molar refractivity (Wildman–Crippen MR) is 97.4 cm³/mol. The monoisotopic (exact) mass is 389 g/mol. The molecule has 5 nitrogen and oxygen atoms in total. The van der Waals surface area contributed by atoms with E-state index in [1.54, 1.807) is 6.92 Å². The lowest BCUT2D eigenvalue weighted by Crippen LogP contribution is -2.31. The summed E-state index contributed by atoms with van der Waals surface area (Å²) in [5.41, 5.74) is 0.771. The Labute approximate surface area is 159 Å². The summed E-state index contributed by atoms with van der Waals surface area (Å²) >= 11 is 0. The third-order valence-electron chi connectivity index (χ3n) is 3.97. The normalized spacial score (nSPS) is 11.3. The van der Waals surface area contributed by atoms with Gasteiger partial charge in [0.15, 0.2) is 0 Å². The SMILES string of the molecule is Cc1cc(Oc2cccc(C(F)(F)F)c2)nn1C(=O)NCCc1ccccc1. The van der Waals surface area contributed by atoms with Crippen molar-refractivity contribution < 1.29 is 22.7 Å². The number of hydrogen-bond donors (Lipinski definition) is 1. The molecule has 8 heteroatoms. The van der Waals surface area contributed by atoms with Gasteiger partial charge in [-0.2, -0.15) is 17.9 Å². The lowest BCUT2D eigenvalue weighted by Gasteiger charge is -2.08. The average Bonchev–Trinajstić information content (AvgIpc) is 3.02. The molecule has 28 heavy (non-hydrogen) atoms. The maximum Gasteiger partial charge on any atom is 0.416 e. The van der Waals surface area contributed by atoms with E-state index in [-0.39, 0.29) is 11.6 Å². The minimum Gasteiger partial charge on any atom is -0.438 e. The van der Waals surface area contributed by atoms with Gasteiger partial charge in [-0.1, -0.05) is 36.4 Å². The van der Waals surface area contributed by atoms with E-state index in [0.717, 1.165) is 22.4 Å². The molecule has 0 aliphatic carbocycles. The zero-order chi connectivity index (χ0) is 20.1. The first-order chi connectivity index (χ1) is 13.3. The van der Waals surface area contributed by atoms with E-state index in [1.807, 2.05) is 30.3 Å². The molecule has 0 aliphatic rings. The fraction of sp³-hybridized carbons (Fsp3) is 0.200. The molecule has 0 radical (unpaired) electrons. The van der Waals surface area contributed by atoms with Crippen LogP contribution < -0.4 is 10.1 Å². The fourth-order valence-electron chi connectivity index (χ4n) is 2.59. The largest absolute Gasteiger partial charge is 0.438 e. The van der Waals surface area contributed by atoms with Crippen molar-refractivity contribution >= 4 is 6.03 Å². The number of ether oxygens (including phenoxy) is 1. The van der Waals surface area contributed by atoms with Gasteiger partial charge in [0.05, 0.1) is 11.3 Å². The van der Waals surface area contributed by atoms with Gasteiger partial charge in [0.25, 0.3) is 0 Å². The lowest BCUT2D eigenvalue weighted by atomic mass is 10.1. The van der Waals surface area contributed by atoms with Crippen molar-refractivity contribution in [1.29, 1.82) is 0 Å². The van der Waals surface area contributed by atoms with Crippen LogP contribution >= 0.6 is 0 Å². The predicted octanol–water partition coefficient (Wildman–Crippen LogP) is 4.80. The molecule has 0 fully saturated rings. The summed E-state index contributed by atoms with van der Waals surface area (Å²) in [6.45, 7) is 2.08. The molecular weight excluding hydrogens is 371 g/mol. The summed E-state index contributed by atoms with van der Waals surface area (Å²) in [4.78, 5) is 12.3. The molecule has 0 saturated heterocycles. The maximum atomic E-state index is 12.8. The van der Waals surface area contributed by atoms with Crippen molar-refractivity contribution in [3.8, 4) is 11.6 Å². The first-order valence-electron chi connectivity index (χ1n) is 8.57. The van der Waals surface area contributed by atoms with Crippen LogP contribution in [0.4, 0.5) is 18.0 Å². The fourth-order valence-corrected chi connectivity index (χ4v) is 2.59. The summed E-state index contributed by atoms with van der Waals surface area (Å²) in [6, 6.07) is 15.2. The molecule has 1 aromatic heterocycles. The maximum absolute atomic E-state index is 12.8. The Morgan fingerprint density at radius 2 is 1.86 bits per heavy atom. The first-order valence-corrected chi connectivity index (χ1v) is 8.57. The van der Waals surface area contributed by atoms with Crippen LogP contribution in [0, 0.1) is 6.92 Å². The highest BCUT2D eigenvalue weighted by atomic mass is 19.4. The molecule has 1 heterocycles. The molecule has 0 spiro atoms. The number of nitrogens with zero attached hydrogens (tertiary/aromatic N) is 2. The highest BCUT2D eigenvalue weighted by Gasteiger charge is 2.30. The standard InChI is InChI=1S/C20H18F3N3O2/c1-14-12-18(28-17-9-5-8-16(13-17)20(21,22)23)25-26(14)19(27)24-11-10-15-6-3-2-4-7-15/h2-9,12-13H,10-11H2,1H3,(H,24,27). The van der Waals surface area contributed by atoms with Gasteiger partial charge in [0, 0.05) is 12.6 Å². The molecule has 2 aromatic carbocycles. The van der Waals surface area contributed by atoms with Crippen LogP contribution in [0.25, 0.3) is 0 Å². The second kappa shape index (κ2) is 8.16. The van der Waals surface area contributed by atoms with Crippen molar-refractivity contribution in [3.05, 3.63) is 77.5 Å². The highest BCUT2D eigenvalue weighted by molar-refractivity contribution is 5.76. The van der Waals surface area contributed by atoms with Gasteiger partial charge in [0.1, 0.15) is 5.75 Å². The quantitative estimate of drug-likeness (QED) is 0.682. The lowest BCUT2D eigenvalue weighted by molar-refractivity contribution is -0.137. The van der Waals surface area contributed by atoms with Gasteiger partial charge in [-0.25, -0.2) is 4.79 Å². The summed E-state index contributed by atoms with van der Waals surface area (Å²) < 4.78 is 44.9. The van der Waals surface area contributed by atoms with Crippen molar-refractivity contribution in [2.75, 3.05) is 6.54 Å². The smallest absolute Gasteiger partial charge is 0.416 e. The Hall–Kier alpha value is -3.29. The number of carbonyl (C=O) groups is 1. The van der Waals surface area contributed by atoms with Crippen molar-refractivity contribution in [2.45, 2.75) is 19.5 Å². The Morgan fingerprint density at radius 3 is 2.57 bits per heavy atom. The minimum absolute atomic E-state index is 0.0102. The van der Waals surface area contributed by atoms with Gasteiger partial charge in [-0.15, -0.1) is 5.10 Å². The van der Waals surface area contributed by atoms with Gasteiger partial charge >= 0.3 is 12.2 Å². The van der Waals surface area contributed by atoms with Crippen LogP contribution in [0.3, 0.4) is 0 Å². The number of carbonyl (C=O) groups excluding carboxylic acids is 1. The van der Waals surface area contributed by atoms with Crippen LogP contribution in [0.2, 0.25) is 0 Å². The summed E-state index contributed by atoms with van der Waals surface area (Å²) in [5, 5.41) is 6.78. The Balaban J connectivity index is 1.63. The Kier molecular flexibility index (Phi) is 5.67. The molecule has 3 aromatic rings. The molecule has 0 aliphatic heterocycles. The van der Waals surface area contributed by atoms with Gasteiger partial charge in [-0.05, 0) is 37.1 Å². The molecule has 0 unspecified atom stereocenters. The third-order valence-corrected chi connectivity index (χ3v) is 3.97. The van der Waals surface area contributed by atoms with E-state index >= 15 is 0 Å². The minimum atomic E-state index is -4.46. The van der Waals surface area contributed by atoms with Gasteiger partial charge in [0.2, 0.25) is 5.88 Å². The molecule has 146 valence electrons. The number of aromatic nitrogens is 2.